The van der Waals surface area contributed by atoms with Crippen LogP contribution in [-0.2, 0) is 12.2 Å². The molecule has 0 saturated carbocycles. The Labute approximate surface area is 141 Å². The van der Waals surface area contributed by atoms with Gasteiger partial charge in [0.25, 0.3) is 0 Å². The minimum absolute atomic E-state index is 0.0531. The van der Waals surface area contributed by atoms with Crippen molar-refractivity contribution in [3.8, 4) is 5.75 Å². The Hall–Kier alpha value is -2.06. The summed E-state index contributed by atoms with van der Waals surface area (Å²) in [5.74, 6) is -0.678. The summed E-state index contributed by atoms with van der Waals surface area (Å²) in [5.41, 5.74) is 0.844. The Morgan fingerprint density at radius 2 is 2.08 bits per heavy atom. The van der Waals surface area contributed by atoms with Crippen molar-refractivity contribution in [2.75, 3.05) is 5.32 Å². The number of phenolic OH excluding ortho intramolecular Hbond substituents is 1. The van der Waals surface area contributed by atoms with Crippen LogP contribution in [0.3, 0.4) is 0 Å². The van der Waals surface area contributed by atoms with E-state index in [9.17, 15) is 22.8 Å². The van der Waals surface area contributed by atoms with Crippen LogP contribution in [-0.4, -0.2) is 46.4 Å². The van der Waals surface area contributed by atoms with E-state index in [1.54, 1.807) is 13.0 Å². The van der Waals surface area contributed by atoms with Gasteiger partial charge in [-0.1, -0.05) is 0 Å². The number of phenols is 1. The number of nitrogens with one attached hydrogen (secondary N) is 1. The summed E-state index contributed by atoms with van der Waals surface area (Å²) in [4.78, 5) is 15.1. The van der Waals surface area contributed by atoms with Crippen molar-refractivity contribution in [3.05, 3.63) is 42.2 Å². The number of rotatable bonds is 5. The Morgan fingerprint density at radius 1 is 1.38 bits per heavy atom. The van der Waals surface area contributed by atoms with Crippen LogP contribution in [0.15, 0.2) is 36.7 Å². The zero-order valence-electron chi connectivity index (χ0n) is 13.0. The van der Waals surface area contributed by atoms with Gasteiger partial charge in [-0.15, -0.1) is 0 Å². The Morgan fingerprint density at radius 3 is 2.71 bits per heavy atom. The molecule has 8 nitrogen and oxygen atoms in total. The summed E-state index contributed by atoms with van der Waals surface area (Å²) >= 11 is -5.23. The second kappa shape index (κ2) is 7.23. The van der Waals surface area contributed by atoms with Crippen LogP contribution in [0.1, 0.15) is 12.5 Å². The summed E-state index contributed by atoms with van der Waals surface area (Å²) in [5, 5.41) is 22.0. The van der Waals surface area contributed by atoms with Crippen molar-refractivity contribution in [3.63, 3.8) is 0 Å². The third kappa shape index (κ3) is 4.27. The molecule has 0 aliphatic rings. The first-order valence-electron chi connectivity index (χ1n) is 6.91. The Kier molecular flexibility index (Phi) is 5.51. The van der Waals surface area contributed by atoms with E-state index in [1.807, 2.05) is 0 Å². The van der Waals surface area contributed by atoms with Crippen molar-refractivity contribution in [1.82, 2.24) is 4.98 Å². The number of pyridine rings is 1. The first-order chi connectivity index (χ1) is 11.2. The number of aromatic hydroxyl groups is 1. The quantitative estimate of drug-likeness (QED) is 0.481. The molecule has 0 aliphatic carbocycles. The van der Waals surface area contributed by atoms with Crippen LogP contribution < -0.4 is 15.1 Å². The van der Waals surface area contributed by atoms with Crippen LogP contribution in [0.2, 0.25) is 0 Å². The number of hydrogen-bond acceptors (Lipinski definition) is 6. The number of carbonyl (C=O) groups excluding carboxylic acids is 1. The van der Waals surface area contributed by atoms with Crippen LogP contribution in [0.4, 0.5) is 5.69 Å². The van der Waals surface area contributed by atoms with Crippen molar-refractivity contribution in [1.29, 1.82) is 0 Å². The summed E-state index contributed by atoms with van der Waals surface area (Å²) in [6.45, 7) is 2.92. The van der Waals surface area contributed by atoms with Crippen LogP contribution in [0, 0.1) is 6.92 Å². The first kappa shape index (κ1) is 18.3. The molecule has 1 amide bonds. The number of aryl methyl sites for hydroxylation is 1. The minimum atomic E-state index is -5.23. The summed E-state index contributed by atoms with van der Waals surface area (Å²) < 4.78 is 27.7. The predicted molar refractivity (Wildman–Crippen MR) is 88.4 cm³/mol. The standard InChI is InChI=1S/C14H16AsBN2O6/c1-9-5-6-17-8-13(9)16(23)24-15(21,22)12-4-3-11(20)7-14(12)18-10(2)19/h3-8,20,23H,1-2H3,(H,18,19)(H,21,22). The first-order valence-corrected chi connectivity index (χ1v) is 10.2. The second-order valence-corrected chi connectivity index (χ2v) is 8.73. The molecular weight excluding hydrogens is 378 g/mol. The van der Waals surface area contributed by atoms with E-state index in [2.05, 4.69) is 10.3 Å². The molecule has 0 aliphatic heterocycles. The molecule has 0 fully saturated rings. The van der Waals surface area contributed by atoms with Gasteiger partial charge in [0.2, 0.25) is 0 Å². The van der Waals surface area contributed by atoms with Crippen molar-refractivity contribution < 1.29 is 26.4 Å². The van der Waals surface area contributed by atoms with E-state index in [0.29, 0.717) is 5.56 Å². The topological polar surface area (TPSA) is 129 Å². The number of carbonyl (C=O) groups is 1. The van der Waals surface area contributed by atoms with E-state index < -0.39 is 27.2 Å². The molecule has 1 unspecified atom stereocenters. The van der Waals surface area contributed by atoms with Gasteiger partial charge in [-0.25, -0.2) is 0 Å². The molecule has 4 N–H and O–H groups in total. The van der Waals surface area contributed by atoms with Crippen molar-refractivity contribution in [2.45, 2.75) is 13.8 Å². The molecule has 1 atom stereocenters. The fourth-order valence-electron chi connectivity index (χ4n) is 2.04. The molecule has 1 aromatic carbocycles. The van der Waals surface area contributed by atoms with Gasteiger partial charge in [-0.2, -0.15) is 0 Å². The fourth-order valence-corrected chi connectivity index (χ4v) is 4.53. The van der Waals surface area contributed by atoms with E-state index in [1.165, 1.54) is 31.5 Å². The number of amides is 1. The van der Waals surface area contributed by atoms with Crippen molar-refractivity contribution in [2.24, 2.45) is 0 Å². The van der Waals surface area contributed by atoms with Crippen LogP contribution in [0.5, 0.6) is 5.75 Å². The van der Waals surface area contributed by atoms with Gasteiger partial charge in [0.05, 0.1) is 0 Å². The maximum absolute atomic E-state index is 12.6. The molecular formula is C14H16AsBN2O6. The molecule has 0 saturated heterocycles. The fraction of sp³-hybridized carbons (Fsp3) is 0.143. The van der Waals surface area contributed by atoms with Crippen molar-refractivity contribution >= 4 is 42.7 Å². The Balaban J connectivity index is 2.35. The van der Waals surface area contributed by atoms with Crippen LogP contribution >= 0.6 is 0 Å². The third-order valence-corrected chi connectivity index (χ3v) is 6.30. The number of benzene rings is 1. The van der Waals surface area contributed by atoms with Gasteiger partial charge in [0.1, 0.15) is 0 Å². The molecule has 0 spiro atoms. The van der Waals surface area contributed by atoms with E-state index in [0.717, 1.165) is 6.07 Å². The summed E-state index contributed by atoms with van der Waals surface area (Å²) in [6, 6.07) is 5.12. The second-order valence-electron chi connectivity index (χ2n) is 5.09. The summed E-state index contributed by atoms with van der Waals surface area (Å²) in [6.07, 6.45) is 2.85. The van der Waals surface area contributed by atoms with Gasteiger partial charge in [-0.3, -0.25) is 0 Å². The third-order valence-electron chi connectivity index (χ3n) is 3.18. The number of nitrogens with zero attached hydrogens (tertiary/aromatic N) is 1. The van der Waals surface area contributed by atoms with Gasteiger partial charge < -0.3 is 0 Å². The van der Waals surface area contributed by atoms with Crippen LogP contribution in [0.25, 0.3) is 0 Å². The molecule has 24 heavy (non-hydrogen) atoms. The number of aromatic nitrogens is 1. The molecule has 126 valence electrons. The monoisotopic (exact) mass is 394 g/mol. The normalized spacial score (nSPS) is 13.2. The SMILES string of the molecule is CC(=O)Nc1cc(O)ccc1[As](=O)(O)OB(O)c1cnccc1C. The Bertz CT molecular complexity index is 816. The zero-order valence-corrected chi connectivity index (χ0v) is 14.9. The molecule has 1 aromatic heterocycles. The average Bonchev–Trinajstić information content (AvgIpc) is 2.46. The number of hydrogen-bond donors (Lipinski definition) is 4. The predicted octanol–water partition coefficient (Wildman–Crippen LogP) is -0.973. The zero-order chi connectivity index (χ0) is 17.9. The molecule has 2 aromatic rings. The molecule has 2 rings (SSSR count). The molecule has 0 radical (unpaired) electrons. The van der Waals surface area contributed by atoms with Gasteiger partial charge in [-0.05, 0) is 0 Å². The maximum atomic E-state index is 12.6. The van der Waals surface area contributed by atoms with Gasteiger partial charge >= 0.3 is 141 Å². The van der Waals surface area contributed by atoms with E-state index in [-0.39, 0.29) is 21.3 Å². The van der Waals surface area contributed by atoms with E-state index >= 15 is 0 Å². The average molecular weight is 394 g/mol. The molecule has 0 bridgehead atoms. The van der Waals surface area contributed by atoms with Gasteiger partial charge in [0.15, 0.2) is 0 Å². The number of anilines is 1. The molecule has 1 heterocycles. The van der Waals surface area contributed by atoms with E-state index in [4.69, 9.17) is 3.64 Å². The van der Waals surface area contributed by atoms with Gasteiger partial charge in [0, 0.05) is 0 Å². The summed E-state index contributed by atoms with van der Waals surface area (Å²) in [7, 11) is -1.66. The molecule has 10 heteroatoms.